The summed E-state index contributed by atoms with van der Waals surface area (Å²) in [4.78, 5) is 0. The molecule has 1 rings (SSSR count). The standard InChI is InChI=1S/C9H11BrO.Mg.2H/c1-11-9-5-3-2-4-8(9)6-7-10;;;/h2-5H,6-7H2,1H3;;;. The smallest absolute Gasteiger partial charge is 0.316 e. The van der Waals surface area contributed by atoms with Gasteiger partial charge in [0, 0.05) is 5.33 Å². The molecule has 0 aliphatic carbocycles. The number of rotatable bonds is 3. The van der Waals surface area contributed by atoms with E-state index in [2.05, 4.69) is 22.0 Å². The van der Waals surface area contributed by atoms with Crippen LogP contribution < -0.4 is 4.74 Å². The molecule has 0 amide bonds. The van der Waals surface area contributed by atoms with Crippen LogP contribution in [-0.2, 0) is 6.42 Å². The highest BCUT2D eigenvalue weighted by Crippen LogP contribution is 2.17. The van der Waals surface area contributed by atoms with Crippen LogP contribution in [0.25, 0.3) is 0 Å². The van der Waals surface area contributed by atoms with Crippen molar-refractivity contribution in [1.29, 1.82) is 0 Å². The molecule has 0 aliphatic rings. The second-order valence-corrected chi connectivity index (χ2v) is 3.04. The molecule has 0 bridgehead atoms. The molecular formula is C9H13BrMgO. The first-order valence-corrected chi connectivity index (χ1v) is 4.68. The third-order valence-corrected chi connectivity index (χ3v) is 1.95. The highest BCUT2D eigenvalue weighted by Gasteiger charge is 1.98. The first kappa shape index (κ1) is 12.3. The highest BCUT2D eigenvalue weighted by atomic mass is 79.9. The summed E-state index contributed by atoms with van der Waals surface area (Å²) in [6.07, 6.45) is 1.02. The van der Waals surface area contributed by atoms with Crippen molar-refractivity contribution < 1.29 is 4.74 Å². The molecule has 0 fully saturated rings. The summed E-state index contributed by atoms with van der Waals surface area (Å²) < 4.78 is 5.18. The van der Waals surface area contributed by atoms with Crippen molar-refractivity contribution in [2.75, 3.05) is 12.4 Å². The Morgan fingerprint density at radius 3 is 2.58 bits per heavy atom. The summed E-state index contributed by atoms with van der Waals surface area (Å²) in [5.41, 5.74) is 1.26. The van der Waals surface area contributed by atoms with E-state index in [4.69, 9.17) is 4.74 Å². The van der Waals surface area contributed by atoms with Gasteiger partial charge in [0.25, 0.3) is 0 Å². The normalized spacial score (nSPS) is 8.83. The van der Waals surface area contributed by atoms with Gasteiger partial charge in [0.1, 0.15) is 5.75 Å². The maximum atomic E-state index is 5.18. The fourth-order valence-corrected chi connectivity index (χ4v) is 1.44. The van der Waals surface area contributed by atoms with Crippen molar-refractivity contribution in [1.82, 2.24) is 0 Å². The van der Waals surface area contributed by atoms with Crippen molar-refractivity contribution in [2.24, 2.45) is 0 Å². The second-order valence-electron chi connectivity index (χ2n) is 2.25. The maximum absolute atomic E-state index is 5.18. The Hall–Kier alpha value is 0.266. The lowest BCUT2D eigenvalue weighted by Crippen LogP contribution is -1.91. The molecule has 0 saturated heterocycles. The predicted octanol–water partition coefficient (Wildman–Crippen LogP) is 1.72. The second kappa shape index (κ2) is 6.75. The van der Waals surface area contributed by atoms with E-state index in [0.717, 1.165) is 17.5 Å². The van der Waals surface area contributed by atoms with E-state index in [1.165, 1.54) is 5.56 Å². The van der Waals surface area contributed by atoms with Crippen LogP contribution in [0.5, 0.6) is 5.75 Å². The number of aryl methyl sites for hydroxylation is 1. The molecule has 64 valence electrons. The number of para-hydroxylation sites is 1. The van der Waals surface area contributed by atoms with Gasteiger partial charge in [-0.1, -0.05) is 34.1 Å². The summed E-state index contributed by atoms with van der Waals surface area (Å²) in [5, 5.41) is 0.980. The van der Waals surface area contributed by atoms with Crippen LogP contribution in [0.4, 0.5) is 0 Å². The summed E-state index contributed by atoms with van der Waals surface area (Å²) >= 11 is 3.39. The van der Waals surface area contributed by atoms with Crippen LogP contribution in [0.1, 0.15) is 5.56 Å². The van der Waals surface area contributed by atoms with Gasteiger partial charge in [-0.3, -0.25) is 0 Å². The fourth-order valence-electron chi connectivity index (χ4n) is 1.01. The molecule has 0 spiro atoms. The molecule has 0 unspecified atom stereocenters. The molecule has 12 heavy (non-hydrogen) atoms. The van der Waals surface area contributed by atoms with Crippen LogP contribution in [0.3, 0.4) is 0 Å². The largest absolute Gasteiger partial charge is 0.496 e. The van der Waals surface area contributed by atoms with Crippen molar-refractivity contribution in [3.05, 3.63) is 29.8 Å². The van der Waals surface area contributed by atoms with Gasteiger partial charge in [0.2, 0.25) is 0 Å². The van der Waals surface area contributed by atoms with Gasteiger partial charge in [-0.05, 0) is 18.1 Å². The predicted molar refractivity (Wildman–Crippen MR) is 59.0 cm³/mol. The third kappa shape index (κ3) is 3.33. The minimum absolute atomic E-state index is 0. The summed E-state index contributed by atoms with van der Waals surface area (Å²) in [7, 11) is 1.70. The van der Waals surface area contributed by atoms with Crippen LogP contribution in [-0.4, -0.2) is 35.5 Å². The molecule has 0 atom stereocenters. The SMILES string of the molecule is COc1ccccc1CCBr.[MgH2]. The van der Waals surface area contributed by atoms with Crippen LogP contribution in [0.2, 0.25) is 0 Å². The van der Waals surface area contributed by atoms with Crippen LogP contribution in [0.15, 0.2) is 24.3 Å². The number of alkyl halides is 1. The van der Waals surface area contributed by atoms with Crippen LogP contribution in [0, 0.1) is 0 Å². The van der Waals surface area contributed by atoms with E-state index >= 15 is 0 Å². The lowest BCUT2D eigenvalue weighted by atomic mass is 10.1. The number of benzene rings is 1. The fraction of sp³-hybridized carbons (Fsp3) is 0.333. The molecule has 0 aromatic heterocycles. The molecule has 0 saturated carbocycles. The van der Waals surface area contributed by atoms with Crippen molar-refractivity contribution in [3.8, 4) is 5.75 Å². The van der Waals surface area contributed by atoms with E-state index in [0.29, 0.717) is 0 Å². The Morgan fingerprint density at radius 1 is 1.33 bits per heavy atom. The van der Waals surface area contributed by atoms with Crippen molar-refractivity contribution in [3.63, 3.8) is 0 Å². The Kier molecular flexibility index (Phi) is 6.90. The monoisotopic (exact) mass is 240 g/mol. The summed E-state index contributed by atoms with van der Waals surface area (Å²) in [6, 6.07) is 8.08. The molecule has 0 heterocycles. The third-order valence-electron chi connectivity index (χ3n) is 1.56. The van der Waals surface area contributed by atoms with E-state index in [-0.39, 0.29) is 23.1 Å². The quantitative estimate of drug-likeness (QED) is 0.578. The molecule has 0 aliphatic heterocycles. The zero-order valence-electron chi connectivity index (χ0n) is 6.51. The summed E-state index contributed by atoms with van der Waals surface area (Å²) in [5.74, 6) is 0.979. The van der Waals surface area contributed by atoms with E-state index in [9.17, 15) is 0 Å². The lowest BCUT2D eigenvalue weighted by molar-refractivity contribution is 0.410. The van der Waals surface area contributed by atoms with Gasteiger partial charge in [0.15, 0.2) is 0 Å². The molecule has 1 nitrogen and oxygen atoms in total. The molecule has 1 aromatic rings. The highest BCUT2D eigenvalue weighted by molar-refractivity contribution is 9.09. The minimum Gasteiger partial charge on any atom is -0.496 e. The van der Waals surface area contributed by atoms with E-state index in [1.807, 2.05) is 18.2 Å². The Bertz CT molecular complexity index is 228. The molecule has 1 aromatic carbocycles. The lowest BCUT2D eigenvalue weighted by Gasteiger charge is -2.05. The van der Waals surface area contributed by atoms with E-state index < -0.39 is 0 Å². The first-order valence-electron chi connectivity index (χ1n) is 3.56. The van der Waals surface area contributed by atoms with Gasteiger partial charge in [-0.25, -0.2) is 0 Å². The van der Waals surface area contributed by atoms with Gasteiger partial charge < -0.3 is 4.74 Å². The van der Waals surface area contributed by atoms with Gasteiger partial charge in [-0.2, -0.15) is 0 Å². The number of methoxy groups -OCH3 is 1. The average Bonchev–Trinajstić information content (AvgIpc) is 2.06. The van der Waals surface area contributed by atoms with Gasteiger partial charge in [0.05, 0.1) is 7.11 Å². The average molecular weight is 241 g/mol. The molecule has 0 radical (unpaired) electrons. The first-order chi connectivity index (χ1) is 5.38. The van der Waals surface area contributed by atoms with Gasteiger partial charge >= 0.3 is 23.1 Å². The van der Waals surface area contributed by atoms with Gasteiger partial charge in [-0.15, -0.1) is 0 Å². The van der Waals surface area contributed by atoms with Crippen molar-refractivity contribution in [2.45, 2.75) is 6.42 Å². The number of ether oxygens (including phenoxy) is 1. The Balaban J connectivity index is 0.00000121. The Morgan fingerprint density at radius 2 is 2.00 bits per heavy atom. The molecular weight excluding hydrogens is 228 g/mol. The van der Waals surface area contributed by atoms with Crippen molar-refractivity contribution >= 4 is 39.0 Å². The van der Waals surface area contributed by atoms with E-state index in [1.54, 1.807) is 7.11 Å². The van der Waals surface area contributed by atoms with Crippen LogP contribution >= 0.6 is 15.9 Å². The number of hydrogen-bond acceptors (Lipinski definition) is 1. The summed E-state index contributed by atoms with van der Waals surface area (Å²) in [6.45, 7) is 0. The molecule has 0 N–H and O–H groups in total. The number of halogens is 1. The maximum Gasteiger partial charge on any atom is 0.316 e. The number of hydrogen-bond donors (Lipinski definition) is 0. The zero-order chi connectivity index (χ0) is 8.10. The Labute approximate surface area is 97.8 Å². The topological polar surface area (TPSA) is 9.23 Å². The minimum atomic E-state index is 0. The zero-order valence-corrected chi connectivity index (χ0v) is 8.10. The molecule has 3 heteroatoms.